The van der Waals surface area contributed by atoms with Crippen molar-refractivity contribution >= 4 is 0 Å². The van der Waals surface area contributed by atoms with Crippen LogP contribution in [0.5, 0.6) is 0 Å². The molecule has 6 atom stereocenters. The molecule has 26 heavy (non-hydrogen) atoms. The van der Waals surface area contributed by atoms with Gasteiger partial charge in [0.05, 0.1) is 19.3 Å². The molecule has 0 amide bonds. The first-order valence-electron chi connectivity index (χ1n) is 8.79. The Labute approximate surface area is 152 Å². The molecule has 0 bridgehead atoms. The third kappa shape index (κ3) is 3.66. The molecule has 2 saturated heterocycles. The summed E-state index contributed by atoms with van der Waals surface area (Å²) in [4.78, 5) is 0. The Hall–Kier alpha value is -1.80. The van der Waals surface area contributed by atoms with Crippen LogP contribution in [0.25, 0.3) is 0 Å². The zero-order valence-electron chi connectivity index (χ0n) is 14.3. The highest BCUT2D eigenvalue weighted by atomic mass is 16.7. The van der Waals surface area contributed by atoms with Crippen molar-refractivity contribution in [3.8, 4) is 0 Å². The average Bonchev–Trinajstić information content (AvgIpc) is 2.71. The third-order valence-electron chi connectivity index (χ3n) is 4.74. The lowest BCUT2D eigenvalue weighted by Gasteiger charge is -2.46. The molecule has 6 heteroatoms. The van der Waals surface area contributed by atoms with Gasteiger partial charge in [0.25, 0.3) is 0 Å². The minimum absolute atomic E-state index is 0.305. The minimum atomic E-state index is -0.898. The molecule has 3 N–H and O–H groups in total. The molecule has 0 aliphatic carbocycles. The number of benzene rings is 2. The largest absolute Gasteiger partial charge is 0.388 e. The lowest BCUT2D eigenvalue weighted by molar-refractivity contribution is -0.343. The predicted octanol–water partition coefficient (Wildman–Crippen LogP) is 1.73. The fraction of sp³-hybridized carbons (Fsp3) is 0.400. The molecule has 0 aromatic heterocycles. The Morgan fingerprint density at radius 2 is 1.69 bits per heavy atom. The number of rotatable bonds is 4. The third-order valence-corrected chi connectivity index (χ3v) is 4.74. The van der Waals surface area contributed by atoms with Crippen molar-refractivity contribution in [2.75, 3.05) is 6.61 Å². The van der Waals surface area contributed by atoms with E-state index in [1.807, 2.05) is 60.7 Å². The summed E-state index contributed by atoms with van der Waals surface area (Å²) in [5, 5.41) is 10.6. The number of nitrogens with two attached hydrogens (primary N) is 1. The van der Waals surface area contributed by atoms with Crippen molar-refractivity contribution in [2.24, 2.45) is 5.73 Å². The van der Waals surface area contributed by atoms with Crippen molar-refractivity contribution in [1.82, 2.24) is 0 Å². The van der Waals surface area contributed by atoms with E-state index < -0.39 is 36.9 Å². The Kier molecular flexibility index (Phi) is 5.31. The molecule has 0 spiro atoms. The summed E-state index contributed by atoms with van der Waals surface area (Å²) in [6.07, 6.45) is -3.13. The Morgan fingerprint density at radius 1 is 1.00 bits per heavy atom. The van der Waals surface area contributed by atoms with Gasteiger partial charge in [-0.05, 0) is 5.56 Å². The first-order valence-corrected chi connectivity index (χ1v) is 8.79. The Balaban J connectivity index is 1.40. The molecule has 2 fully saturated rings. The van der Waals surface area contributed by atoms with Crippen LogP contribution >= 0.6 is 0 Å². The molecule has 0 unspecified atom stereocenters. The van der Waals surface area contributed by atoms with Crippen molar-refractivity contribution in [3.05, 3.63) is 71.8 Å². The van der Waals surface area contributed by atoms with Crippen molar-refractivity contribution in [2.45, 2.75) is 43.5 Å². The van der Waals surface area contributed by atoms with Gasteiger partial charge in [-0.3, -0.25) is 0 Å². The maximum Gasteiger partial charge on any atom is 0.184 e. The van der Waals surface area contributed by atoms with Gasteiger partial charge < -0.3 is 29.8 Å². The lowest BCUT2D eigenvalue weighted by atomic mass is 9.96. The van der Waals surface area contributed by atoms with Gasteiger partial charge in [0.2, 0.25) is 0 Å². The van der Waals surface area contributed by atoms with E-state index in [4.69, 9.17) is 24.7 Å². The van der Waals surface area contributed by atoms with E-state index >= 15 is 0 Å². The van der Waals surface area contributed by atoms with Crippen molar-refractivity contribution in [1.29, 1.82) is 0 Å². The smallest absolute Gasteiger partial charge is 0.184 e. The van der Waals surface area contributed by atoms with Crippen molar-refractivity contribution in [3.63, 3.8) is 0 Å². The first-order chi connectivity index (χ1) is 12.7. The quantitative estimate of drug-likeness (QED) is 0.867. The number of fused-ring (bicyclic) bond motifs is 1. The Morgan fingerprint density at radius 3 is 2.42 bits per heavy atom. The fourth-order valence-corrected chi connectivity index (χ4v) is 3.29. The van der Waals surface area contributed by atoms with Gasteiger partial charge in [-0.25, -0.2) is 0 Å². The second-order valence-electron chi connectivity index (χ2n) is 6.58. The van der Waals surface area contributed by atoms with Gasteiger partial charge in [-0.15, -0.1) is 0 Å². The average molecular weight is 357 g/mol. The highest BCUT2D eigenvalue weighted by Gasteiger charge is 2.48. The van der Waals surface area contributed by atoms with Gasteiger partial charge in [0.1, 0.15) is 18.3 Å². The molecule has 4 rings (SSSR count). The predicted molar refractivity (Wildman–Crippen MR) is 93.9 cm³/mol. The van der Waals surface area contributed by atoms with Crippen LogP contribution in [0.2, 0.25) is 0 Å². The molecule has 6 nitrogen and oxygen atoms in total. The molecule has 2 aliphatic heterocycles. The summed E-state index contributed by atoms with van der Waals surface area (Å²) >= 11 is 0. The molecule has 2 aliphatic rings. The van der Waals surface area contributed by atoms with Gasteiger partial charge in [-0.1, -0.05) is 60.7 Å². The standard InChI is InChI=1S/C20H23NO5/c21-16-17(22)18-15(12-24-19(26-18)14-9-5-2-6-10-14)25-20(16)23-11-13-7-3-1-4-8-13/h1-10,15-20,22H,11-12,21H2/t15-,16-,17+,18-,19-,20+/m0/s1. The van der Waals surface area contributed by atoms with Crippen LogP contribution in [-0.2, 0) is 25.6 Å². The van der Waals surface area contributed by atoms with Crippen molar-refractivity contribution < 1.29 is 24.1 Å². The molecular weight excluding hydrogens is 334 g/mol. The SMILES string of the molecule is N[C@@H]1[C@H](OCc2ccccc2)O[C@H]2CO[C@H](c3ccccc3)O[C@@H]2[C@@H]1O. The van der Waals surface area contributed by atoms with Gasteiger partial charge in [0.15, 0.2) is 12.6 Å². The Bertz CT molecular complexity index is 696. The van der Waals surface area contributed by atoms with Crippen LogP contribution < -0.4 is 5.73 Å². The van der Waals surface area contributed by atoms with E-state index in [0.29, 0.717) is 13.2 Å². The molecular formula is C20H23NO5. The van der Waals surface area contributed by atoms with Crippen LogP contribution in [0.3, 0.4) is 0 Å². The zero-order valence-corrected chi connectivity index (χ0v) is 14.3. The summed E-state index contributed by atoms with van der Waals surface area (Å²) in [6.45, 7) is 0.664. The van der Waals surface area contributed by atoms with E-state index in [2.05, 4.69) is 0 Å². The number of aliphatic hydroxyl groups is 1. The maximum atomic E-state index is 10.6. The van der Waals surface area contributed by atoms with Crippen LogP contribution in [0.4, 0.5) is 0 Å². The normalized spacial score (nSPS) is 34.2. The summed E-state index contributed by atoms with van der Waals surface area (Å²) in [5.41, 5.74) is 8.07. The number of hydrogen-bond donors (Lipinski definition) is 2. The second kappa shape index (κ2) is 7.84. The van der Waals surface area contributed by atoms with Gasteiger partial charge in [0, 0.05) is 5.56 Å². The van der Waals surface area contributed by atoms with E-state index in [1.54, 1.807) is 0 Å². The highest BCUT2D eigenvalue weighted by molar-refractivity contribution is 5.17. The van der Waals surface area contributed by atoms with E-state index in [9.17, 15) is 5.11 Å². The maximum absolute atomic E-state index is 10.6. The molecule has 2 aromatic carbocycles. The van der Waals surface area contributed by atoms with Gasteiger partial charge in [-0.2, -0.15) is 0 Å². The fourth-order valence-electron chi connectivity index (χ4n) is 3.29. The summed E-state index contributed by atoms with van der Waals surface area (Å²) in [5.74, 6) is 0. The number of hydrogen-bond acceptors (Lipinski definition) is 6. The number of aliphatic hydroxyl groups excluding tert-OH is 1. The summed E-state index contributed by atoms with van der Waals surface area (Å²) in [6, 6.07) is 18.7. The van der Waals surface area contributed by atoms with E-state index in [-0.39, 0.29) is 0 Å². The monoisotopic (exact) mass is 357 g/mol. The number of ether oxygens (including phenoxy) is 4. The molecule has 0 saturated carbocycles. The van der Waals surface area contributed by atoms with E-state index in [1.165, 1.54) is 0 Å². The second-order valence-corrected chi connectivity index (χ2v) is 6.58. The molecule has 2 heterocycles. The molecule has 138 valence electrons. The topological polar surface area (TPSA) is 83.2 Å². The van der Waals surface area contributed by atoms with E-state index in [0.717, 1.165) is 11.1 Å². The van der Waals surface area contributed by atoms with Crippen LogP contribution in [-0.4, -0.2) is 42.4 Å². The highest BCUT2D eigenvalue weighted by Crippen LogP contribution is 2.33. The van der Waals surface area contributed by atoms with Crippen LogP contribution in [0.15, 0.2) is 60.7 Å². The minimum Gasteiger partial charge on any atom is -0.388 e. The zero-order chi connectivity index (χ0) is 17.9. The molecule has 0 radical (unpaired) electrons. The summed E-state index contributed by atoms with van der Waals surface area (Å²) in [7, 11) is 0. The summed E-state index contributed by atoms with van der Waals surface area (Å²) < 4.78 is 23.4. The molecule has 2 aromatic rings. The van der Waals surface area contributed by atoms with Gasteiger partial charge >= 0.3 is 0 Å². The first kappa shape index (κ1) is 17.6. The lowest BCUT2D eigenvalue weighted by Crippen LogP contribution is -2.64. The van der Waals surface area contributed by atoms with Crippen LogP contribution in [0.1, 0.15) is 17.4 Å². The van der Waals surface area contributed by atoms with Crippen LogP contribution in [0, 0.1) is 0 Å².